The van der Waals surface area contributed by atoms with Gasteiger partial charge in [-0.3, -0.25) is 14.2 Å². The van der Waals surface area contributed by atoms with Gasteiger partial charge < -0.3 is 19.5 Å². The monoisotopic (exact) mass is 794 g/mol. The van der Waals surface area contributed by atoms with Gasteiger partial charge in [-0.1, -0.05) is 49.2 Å². The van der Waals surface area contributed by atoms with Gasteiger partial charge in [-0.15, -0.1) is 11.3 Å². The number of ether oxygens (including phenoxy) is 1. The Bertz CT molecular complexity index is 2300. The molecule has 1 saturated heterocycles. The second-order valence-corrected chi connectivity index (χ2v) is 17.4. The molecule has 3 aromatic carbocycles. The highest BCUT2D eigenvalue weighted by atomic mass is 79.9. The first-order valence-corrected chi connectivity index (χ1v) is 20.7. The summed E-state index contributed by atoms with van der Waals surface area (Å²) in [5.74, 6) is 1.23. The lowest BCUT2D eigenvalue weighted by atomic mass is 9.89. The molecule has 0 radical (unpaired) electrons. The minimum absolute atomic E-state index is 0.139. The van der Waals surface area contributed by atoms with Crippen molar-refractivity contribution in [3.05, 3.63) is 98.3 Å². The molecule has 2 aliphatic rings. The summed E-state index contributed by atoms with van der Waals surface area (Å²) in [5.41, 5.74) is 7.86. The Balaban J connectivity index is 0.967. The Hall–Kier alpha value is -4.06. The number of nitrogens with one attached hydrogen (secondary N) is 1. The number of likely N-dealkylation sites (tertiary alicyclic amines) is 1. The van der Waals surface area contributed by atoms with Gasteiger partial charge in [0, 0.05) is 16.7 Å². The predicted molar refractivity (Wildman–Crippen MR) is 217 cm³/mol. The molecule has 2 fully saturated rings. The molecular weight excluding hydrogens is 748 g/mol. The van der Waals surface area contributed by atoms with Crippen LogP contribution in [0, 0.1) is 0 Å². The van der Waals surface area contributed by atoms with Crippen LogP contribution < -0.4 is 10.9 Å². The number of carbonyl (C=O) groups is 1. The number of hydrogen-bond acceptors (Lipinski definition) is 7. The van der Waals surface area contributed by atoms with Crippen LogP contribution in [0.5, 0.6) is 0 Å². The maximum atomic E-state index is 13.3. The standard InChI is InChI=1S/C42H47BrN6O3S/c1-42(2,3)52-41(51)45-33(28-13-15-29(16-14-28)37-25-44-26-53-37)11-7-21-47-22-19-27(20-23-47)30-17-18-34-36(24-30)48(31-8-4-5-9-31)40-46-39(50)38-32(43)10-6-12-35(38)49(34)40/h6,10,12-18,24-27,31,33H,4-5,7-9,11,19-23H2,1-3H3,(H,45,51)/t33-/m0/s1. The second-order valence-electron chi connectivity index (χ2n) is 15.7. The van der Waals surface area contributed by atoms with Crippen molar-refractivity contribution in [1.29, 1.82) is 0 Å². The Morgan fingerprint density at radius 2 is 1.77 bits per heavy atom. The number of amides is 1. The van der Waals surface area contributed by atoms with Crippen molar-refractivity contribution in [2.45, 2.75) is 95.7 Å². The predicted octanol–water partition coefficient (Wildman–Crippen LogP) is 10.0. The lowest BCUT2D eigenvalue weighted by molar-refractivity contribution is 0.0499. The number of carbonyl (C=O) groups excluding carboxylic acids is 1. The zero-order valence-electron chi connectivity index (χ0n) is 30.7. The van der Waals surface area contributed by atoms with Gasteiger partial charge in [0.2, 0.25) is 5.78 Å². The second kappa shape index (κ2) is 15.0. The summed E-state index contributed by atoms with van der Waals surface area (Å²) >= 11 is 5.23. The van der Waals surface area contributed by atoms with Gasteiger partial charge in [-0.25, -0.2) is 4.79 Å². The summed E-state index contributed by atoms with van der Waals surface area (Å²) in [4.78, 5) is 38.8. The van der Waals surface area contributed by atoms with Gasteiger partial charge in [-0.05, 0) is 142 Å². The fraction of sp³-hybridized carbons (Fsp3) is 0.429. The number of nitrogens with zero attached hydrogens (tertiary/aromatic N) is 5. The molecule has 1 aliphatic heterocycles. The van der Waals surface area contributed by atoms with E-state index in [9.17, 15) is 9.59 Å². The average Bonchev–Trinajstić information content (AvgIpc) is 3.92. The molecule has 276 valence electrons. The van der Waals surface area contributed by atoms with E-state index in [0.29, 0.717) is 17.3 Å². The van der Waals surface area contributed by atoms with E-state index in [1.54, 1.807) is 11.3 Å². The van der Waals surface area contributed by atoms with Crippen LogP contribution in [0.15, 0.2) is 81.6 Å². The molecule has 0 bridgehead atoms. The van der Waals surface area contributed by atoms with Gasteiger partial charge in [0.1, 0.15) is 5.60 Å². The number of alkyl carbamates (subject to hydrolysis) is 1. The summed E-state index contributed by atoms with van der Waals surface area (Å²) < 4.78 is 11.0. The molecular formula is C42H47BrN6O3S. The number of thiazole rings is 1. The van der Waals surface area contributed by atoms with E-state index in [1.165, 1.54) is 23.9 Å². The lowest BCUT2D eigenvalue weighted by Gasteiger charge is -2.32. The summed E-state index contributed by atoms with van der Waals surface area (Å²) in [6.45, 7) is 8.73. The first-order chi connectivity index (χ1) is 25.6. The minimum Gasteiger partial charge on any atom is -0.444 e. The number of halogens is 1. The molecule has 0 unspecified atom stereocenters. The number of piperidine rings is 1. The number of aromatic nitrogens is 4. The van der Waals surface area contributed by atoms with Crippen molar-refractivity contribution in [1.82, 2.24) is 29.2 Å². The van der Waals surface area contributed by atoms with Crippen LogP contribution in [-0.2, 0) is 4.74 Å². The molecule has 11 heteroatoms. The van der Waals surface area contributed by atoms with E-state index < -0.39 is 5.60 Å². The molecule has 1 N–H and O–H groups in total. The normalized spacial score (nSPS) is 16.9. The topological polar surface area (TPSA) is 93.8 Å². The average molecular weight is 796 g/mol. The highest BCUT2D eigenvalue weighted by molar-refractivity contribution is 9.10. The largest absolute Gasteiger partial charge is 0.444 e. The minimum atomic E-state index is -0.561. The number of rotatable bonds is 9. The Morgan fingerprint density at radius 3 is 2.49 bits per heavy atom. The van der Waals surface area contributed by atoms with Crippen molar-refractivity contribution >= 4 is 61.1 Å². The first kappa shape index (κ1) is 35.9. The fourth-order valence-corrected chi connectivity index (χ4v) is 9.59. The van der Waals surface area contributed by atoms with Gasteiger partial charge in [0.15, 0.2) is 0 Å². The third kappa shape index (κ3) is 7.53. The molecule has 0 spiro atoms. The zero-order chi connectivity index (χ0) is 36.7. The van der Waals surface area contributed by atoms with Crippen molar-refractivity contribution in [2.75, 3.05) is 19.6 Å². The van der Waals surface area contributed by atoms with E-state index in [-0.39, 0.29) is 17.7 Å². The summed E-state index contributed by atoms with van der Waals surface area (Å²) in [7, 11) is 0. The summed E-state index contributed by atoms with van der Waals surface area (Å²) in [6.07, 6.45) is 10.1. The molecule has 9 nitrogen and oxygen atoms in total. The Morgan fingerprint density at radius 1 is 1.00 bits per heavy atom. The molecule has 1 aliphatic carbocycles. The van der Waals surface area contributed by atoms with Crippen molar-refractivity contribution < 1.29 is 9.53 Å². The summed E-state index contributed by atoms with van der Waals surface area (Å²) in [6, 6.07) is 21.6. The van der Waals surface area contributed by atoms with E-state index in [0.717, 1.165) is 95.4 Å². The van der Waals surface area contributed by atoms with Gasteiger partial charge >= 0.3 is 6.09 Å². The quantitative estimate of drug-likeness (QED) is 0.157. The van der Waals surface area contributed by atoms with Crippen LogP contribution in [0.25, 0.3) is 38.2 Å². The van der Waals surface area contributed by atoms with Crippen LogP contribution in [0.1, 0.15) is 101 Å². The molecule has 1 amide bonds. The van der Waals surface area contributed by atoms with Gasteiger partial charge in [0.25, 0.3) is 5.56 Å². The number of hydrogen-bond donors (Lipinski definition) is 1. The number of benzene rings is 3. The van der Waals surface area contributed by atoms with Crippen LogP contribution in [0.3, 0.4) is 0 Å². The van der Waals surface area contributed by atoms with E-state index in [1.807, 2.05) is 50.7 Å². The third-order valence-corrected chi connectivity index (χ3v) is 12.5. The zero-order valence-corrected chi connectivity index (χ0v) is 33.1. The number of fused-ring (bicyclic) bond motifs is 5. The smallest absolute Gasteiger partial charge is 0.408 e. The number of imidazole rings is 1. The molecule has 1 saturated carbocycles. The van der Waals surface area contributed by atoms with Crippen LogP contribution >= 0.6 is 27.3 Å². The third-order valence-electron chi connectivity index (χ3n) is 11.0. The Labute approximate surface area is 322 Å². The van der Waals surface area contributed by atoms with Crippen LogP contribution in [0.4, 0.5) is 4.79 Å². The molecule has 6 aromatic rings. The Kier molecular flexibility index (Phi) is 10.2. The fourth-order valence-electron chi connectivity index (χ4n) is 8.44. The highest BCUT2D eigenvalue weighted by Crippen LogP contribution is 2.38. The molecule has 8 rings (SSSR count). The van der Waals surface area contributed by atoms with Crippen LogP contribution in [-0.4, -0.2) is 55.2 Å². The van der Waals surface area contributed by atoms with Gasteiger partial charge in [0.05, 0.1) is 38.4 Å². The van der Waals surface area contributed by atoms with Crippen LogP contribution in [0.2, 0.25) is 0 Å². The molecule has 53 heavy (non-hydrogen) atoms. The lowest BCUT2D eigenvalue weighted by Crippen LogP contribution is -2.36. The summed E-state index contributed by atoms with van der Waals surface area (Å²) in [5, 5.41) is 3.79. The van der Waals surface area contributed by atoms with E-state index in [2.05, 4.69) is 82.6 Å². The SMILES string of the molecule is CC(C)(C)OC(=O)N[C@@H](CCCN1CCC(c2ccc3c(c2)n(C2CCCC2)c2nc(=O)c4c(Br)cccc4n32)CC1)c1ccc(-c2cncs2)cc1. The van der Waals surface area contributed by atoms with E-state index >= 15 is 0 Å². The molecule has 1 atom stereocenters. The molecule has 3 aromatic heterocycles. The highest BCUT2D eigenvalue weighted by Gasteiger charge is 2.27. The van der Waals surface area contributed by atoms with E-state index in [4.69, 9.17) is 9.72 Å². The van der Waals surface area contributed by atoms with Crippen molar-refractivity contribution in [2.24, 2.45) is 0 Å². The van der Waals surface area contributed by atoms with Crippen molar-refractivity contribution in [3.63, 3.8) is 0 Å². The maximum Gasteiger partial charge on any atom is 0.408 e. The first-order valence-electron chi connectivity index (χ1n) is 19.0. The van der Waals surface area contributed by atoms with Gasteiger partial charge in [-0.2, -0.15) is 4.98 Å². The van der Waals surface area contributed by atoms with Crippen molar-refractivity contribution in [3.8, 4) is 10.4 Å². The maximum absolute atomic E-state index is 13.3. The molecule has 4 heterocycles.